The number of nitrogens with zero attached hydrogens (tertiary/aromatic N) is 4. The number of aromatic amines is 1. The molecule has 4 aromatic carbocycles. The predicted molar refractivity (Wildman–Crippen MR) is 261 cm³/mol. The number of nitrogens with two attached hydrogens (primary N) is 2. The molecule has 19 nitrogen and oxygen atoms in total. The van der Waals surface area contributed by atoms with E-state index < -0.39 is 11.8 Å². The predicted octanol–water partition coefficient (Wildman–Crippen LogP) is 5.26. The normalized spacial score (nSPS) is 11.8. The van der Waals surface area contributed by atoms with E-state index in [9.17, 15) is 24.3 Å². The van der Waals surface area contributed by atoms with E-state index in [1.54, 1.807) is 66.7 Å². The number of imidazole rings is 1. The number of carbonyl (C=O) groups is 4. The molecule has 5 rings (SSSR count). The van der Waals surface area contributed by atoms with Crippen LogP contribution in [-0.4, -0.2) is 124 Å². The first-order valence-corrected chi connectivity index (χ1v) is 23.0. The van der Waals surface area contributed by atoms with Gasteiger partial charge in [-0.3, -0.25) is 19.2 Å². The van der Waals surface area contributed by atoms with Crippen LogP contribution in [0, 0.1) is 0 Å². The van der Waals surface area contributed by atoms with Crippen LogP contribution in [0.3, 0.4) is 0 Å². The number of rotatable bonds is 31. The zero-order valence-electron chi connectivity index (χ0n) is 39.0. The number of phenols is 1. The summed E-state index contributed by atoms with van der Waals surface area (Å²) in [4.78, 5) is 57.0. The Morgan fingerprint density at radius 1 is 0.725 bits per heavy atom. The molecule has 8 N–H and O–H groups in total. The van der Waals surface area contributed by atoms with Gasteiger partial charge >= 0.3 is 0 Å². The van der Waals surface area contributed by atoms with Gasteiger partial charge in [0.15, 0.2) is 0 Å². The maximum atomic E-state index is 13.0. The number of primary amides is 1. The van der Waals surface area contributed by atoms with Crippen molar-refractivity contribution in [2.75, 3.05) is 85.7 Å². The van der Waals surface area contributed by atoms with Gasteiger partial charge in [0.05, 0.1) is 69.6 Å². The van der Waals surface area contributed by atoms with Gasteiger partial charge in [0, 0.05) is 55.6 Å². The molecule has 0 unspecified atom stereocenters. The van der Waals surface area contributed by atoms with Crippen molar-refractivity contribution in [1.82, 2.24) is 20.2 Å². The number of azo groups is 1. The lowest BCUT2D eigenvalue weighted by Crippen LogP contribution is -2.25. The van der Waals surface area contributed by atoms with Crippen LogP contribution in [0.25, 0.3) is 17.1 Å². The van der Waals surface area contributed by atoms with E-state index in [4.69, 9.17) is 35.2 Å². The SMILES string of the molecule is CCCn1/c(=N/C(=O)c2cccc(C(N)=O)c2)[nH]c2ccc(/C=C/C(=O)NCCCOCCOCCOCCOCCOCCCNC(=O)c3ccc(/N=N/c4cc(CCN)ccc4O)cc3)cc21. The Kier molecular flexibility index (Phi) is 22.9. The first-order chi connectivity index (χ1) is 33.6. The highest BCUT2D eigenvalue weighted by molar-refractivity contribution is 5.99. The number of H-pyrrole nitrogens is 1. The molecule has 4 amide bonds. The molecule has 0 bridgehead atoms. The smallest absolute Gasteiger partial charge is 0.280 e. The second kappa shape index (κ2) is 29.8. The summed E-state index contributed by atoms with van der Waals surface area (Å²) in [5, 5.41) is 24.1. The molecule has 1 heterocycles. The molecule has 0 saturated carbocycles. The molecule has 0 aliphatic heterocycles. The quantitative estimate of drug-likeness (QED) is 0.0189. The fourth-order valence-electron chi connectivity index (χ4n) is 6.63. The summed E-state index contributed by atoms with van der Waals surface area (Å²) in [7, 11) is 0. The van der Waals surface area contributed by atoms with Gasteiger partial charge in [-0.15, -0.1) is 5.11 Å². The molecule has 0 atom stereocenters. The molecule has 0 radical (unpaired) electrons. The monoisotopic (exact) mass is 949 g/mol. The number of ether oxygens (including phenoxy) is 5. The van der Waals surface area contributed by atoms with Gasteiger partial charge in [-0.25, -0.2) is 0 Å². The largest absolute Gasteiger partial charge is 0.506 e. The minimum atomic E-state index is -0.624. The summed E-state index contributed by atoms with van der Waals surface area (Å²) in [5.74, 6) is -1.53. The van der Waals surface area contributed by atoms with Crippen LogP contribution in [0.4, 0.5) is 11.4 Å². The third-order valence-corrected chi connectivity index (χ3v) is 10.2. The minimum absolute atomic E-state index is 0.0287. The van der Waals surface area contributed by atoms with Crippen molar-refractivity contribution in [3.05, 3.63) is 124 Å². The number of benzene rings is 4. The van der Waals surface area contributed by atoms with Crippen LogP contribution in [0.1, 0.15) is 68.4 Å². The van der Waals surface area contributed by atoms with E-state index in [-0.39, 0.29) is 28.7 Å². The van der Waals surface area contributed by atoms with Crippen molar-refractivity contribution in [3.63, 3.8) is 0 Å². The summed E-state index contributed by atoms with van der Waals surface area (Å²) < 4.78 is 29.7. The van der Waals surface area contributed by atoms with E-state index in [0.717, 1.165) is 28.6 Å². The number of nitrogens with one attached hydrogen (secondary N) is 3. The Morgan fingerprint density at radius 2 is 1.36 bits per heavy atom. The number of fused-ring (bicyclic) bond motifs is 1. The van der Waals surface area contributed by atoms with Gasteiger partial charge in [0.2, 0.25) is 17.4 Å². The Hall–Kier alpha value is -6.87. The van der Waals surface area contributed by atoms with Crippen LogP contribution in [-0.2, 0) is 41.4 Å². The minimum Gasteiger partial charge on any atom is -0.506 e. The summed E-state index contributed by atoms with van der Waals surface area (Å²) in [5.41, 5.74) is 16.6. The zero-order chi connectivity index (χ0) is 49.1. The summed E-state index contributed by atoms with van der Waals surface area (Å²) in [6.07, 6.45) is 5.97. The van der Waals surface area contributed by atoms with Crippen molar-refractivity contribution in [1.29, 1.82) is 0 Å². The Balaban J connectivity index is 0.819. The number of hydrogen-bond acceptors (Lipinski definition) is 13. The topological polar surface area (TPSA) is 269 Å². The van der Waals surface area contributed by atoms with Gasteiger partial charge in [-0.1, -0.05) is 25.1 Å². The number of hydrogen-bond donors (Lipinski definition) is 6. The third-order valence-electron chi connectivity index (χ3n) is 10.2. The number of aryl methyl sites for hydroxylation is 1. The first-order valence-electron chi connectivity index (χ1n) is 23.0. The number of aromatic nitrogens is 2. The maximum Gasteiger partial charge on any atom is 0.280 e. The van der Waals surface area contributed by atoms with Crippen LogP contribution in [0.5, 0.6) is 5.75 Å². The molecule has 0 aliphatic rings. The lowest BCUT2D eigenvalue weighted by atomic mass is 10.1. The zero-order valence-corrected chi connectivity index (χ0v) is 39.0. The van der Waals surface area contributed by atoms with Crippen molar-refractivity contribution in [3.8, 4) is 5.75 Å². The molecule has 0 spiro atoms. The van der Waals surface area contributed by atoms with Gasteiger partial charge in [-0.05, 0) is 116 Å². The summed E-state index contributed by atoms with van der Waals surface area (Å²) in [6.45, 7) is 8.45. The van der Waals surface area contributed by atoms with Crippen molar-refractivity contribution in [2.45, 2.75) is 39.2 Å². The number of carbonyl (C=O) groups excluding carboxylic acids is 4. The van der Waals surface area contributed by atoms with E-state index in [2.05, 4.69) is 30.8 Å². The molecular formula is C50H63N9O10. The number of phenolic OH excluding ortho intramolecular Hbond substituents is 1. The van der Waals surface area contributed by atoms with Gasteiger partial charge in [0.1, 0.15) is 11.4 Å². The summed E-state index contributed by atoms with van der Waals surface area (Å²) >= 11 is 0. The van der Waals surface area contributed by atoms with Crippen molar-refractivity contribution < 1.29 is 48.0 Å². The van der Waals surface area contributed by atoms with Crippen LogP contribution < -0.4 is 27.7 Å². The lowest BCUT2D eigenvalue weighted by Gasteiger charge is -2.08. The molecule has 1 aromatic heterocycles. The van der Waals surface area contributed by atoms with Gasteiger partial charge in [-0.2, -0.15) is 10.1 Å². The van der Waals surface area contributed by atoms with Crippen molar-refractivity contribution >= 4 is 52.1 Å². The highest BCUT2D eigenvalue weighted by Crippen LogP contribution is 2.29. The Labute approximate surface area is 400 Å². The number of amides is 4. The summed E-state index contributed by atoms with van der Waals surface area (Å²) in [6, 6.07) is 23.6. The molecule has 5 aromatic rings. The number of aromatic hydroxyl groups is 1. The van der Waals surface area contributed by atoms with Crippen LogP contribution >= 0.6 is 0 Å². The molecule has 19 heteroatoms. The molecule has 0 aliphatic carbocycles. The lowest BCUT2D eigenvalue weighted by molar-refractivity contribution is -0.116. The third kappa shape index (κ3) is 18.6. The van der Waals surface area contributed by atoms with Gasteiger partial charge < -0.3 is 60.4 Å². The van der Waals surface area contributed by atoms with Crippen LogP contribution in [0.2, 0.25) is 0 Å². The second-order valence-corrected chi connectivity index (χ2v) is 15.5. The Bertz CT molecular complexity index is 2550. The second-order valence-electron chi connectivity index (χ2n) is 15.5. The maximum absolute atomic E-state index is 13.0. The molecular weight excluding hydrogens is 887 g/mol. The fourth-order valence-corrected chi connectivity index (χ4v) is 6.63. The molecule has 69 heavy (non-hydrogen) atoms. The van der Waals surface area contributed by atoms with E-state index in [0.29, 0.717) is 134 Å². The Morgan fingerprint density at radius 3 is 2.00 bits per heavy atom. The van der Waals surface area contributed by atoms with Gasteiger partial charge in [0.25, 0.3) is 11.8 Å². The van der Waals surface area contributed by atoms with E-state index in [1.165, 1.54) is 12.1 Å². The molecule has 368 valence electrons. The van der Waals surface area contributed by atoms with Crippen LogP contribution in [0.15, 0.2) is 106 Å². The highest BCUT2D eigenvalue weighted by Gasteiger charge is 2.12. The average Bonchev–Trinajstić information content (AvgIpc) is 3.69. The highest BCUT2D eigenvalue weighted by atomic mass is 16.6. The standard InChI is InChI=1S/C50H63N9O10/c1-2-22-59-44-34-36(8-15-42(44)55-50(59)56-49(64)40-7-3-6-39(35-40)47(52)62)10-17-46(61)53-20-4-23-65-25-27-67-29-31-69-32-30-68-28-26-66-24-5-21-54-48(63)38-11-13-41(14-12-38)57-58-43-33-37(18-19-51)9-16-45(43)60/h3,6-17,33-35,60H,2,4-5,18-32,51H2,1H3,(H2,52,62)(H,53,61)(H,54,63)(H,55,56,64)/b17-10+,58-57+. The molecule has 0 saturated heterocycles. The molecule has 0 fully saturated rings. The fraction of sp³-hybridized carbons (Fsp3) is 0.380. The average molecular weight is 950 g/mol. The van der Waals surface area contributed by atoms with E-state index in [1.807, 2.05) is 29.7 Å². The first kappa shape index (κ1) is 53.1. The van der Waals surface area contributed by atoms with Crippen molar-refractivity contribution in [2.24, 2.45) is 26.7 Å². The van der Waals surface area contributed by atoms with E-state index >= 15 is 0 Å².